The largest absolute Gasteiger partial charge is 0.477 e. The molecule has 0 bridgehead atoms. The van der Waals surface area contributed by atoms with Crippen LogP contribution >= 0.6 is 0 Å². The third-order valence-corrected chi connectivity index (χ3v) is 8.68. The van der Waals surface area contributed by atoms with Gasteiger partial charge in [0.1, 0.15) is 0 Å². The van der Waals surface area contributed by atoms with Crippen molar-refractivity contribution in [2.45, 2.75) is 142 Å². The van der Waals surface area contributed by atoms with Gasteiger partial charge in [-0.3, -0.25) is 4.55 Å². The molecule has 7 heteroatoms. The zero-order chi connectivity index (χ0) is 25.4. The predicted molar refractivity (Wildman–Crippen MR) is 138 cm³/mol. The average molecular weight is 493 g/mol. The summed E-state index contributed by atoms with van der Waals surface area (Å²) in [6.45, 7) is 6.04. The molecule has 198 valence electrons. The van der Waals surface area contributed by atoms with Crippen LogP contribution in [-0.2, 0) is 14.9 Å². The first-order valence-electron chi connectivity index (χ1n) is 13.4. The number of aliphatic carboxylic acids is 1. The highest BCUT2D eigenvalue weighted by atomic mass is 32.2. The van der Waals surface area contributed by atoms with Gasteiger partial charge in [-0.15, -0.1) is 0 Å². The monoisotopic (exact) mass is 492 g/mol. The van der Waals surface area contributed by atoms with E-state index in [0.29, 0.717) is 4.48 Å². The van der Waals surface area contributed by atoms with Gasteiger partial charge in [0.25, 0.3) is 10.1 Å². The van der Waals surface area contributed by atoms with E-state index < -0.39 is 27.4 Å². The van der Waals surface area contributed by atoms with E-state index in [1.165, 1.54) is 83.5 Å². The zero-order valence-electron chi connectivity index (χ0n) is 22.3. The maximum atomic E-state index is 12.1. The quantitative estimate of drug-likeness (QED) is 0.0981. The summed E-state index contributed by atoms with van der Waals surface area (Å²) in [5.41, 5.74) is -1.10. The van der Waals surface area contributed by atoms with Crippen LogP contribution in [0.5, 0.6) is 0 Å². The zero-order valence-corrected chi connectivity index (χ0v) is 23.1. The molecule has 2 unspecified atom stereocenters. The van der Waals surface area contributed by atoms with Gasteiger partial charge in [0.15, 0.2) is 5.54 Å². The lowest BCUT2D eigenvalue weighted by Crippen LogP contribution is -2.66. The normalized spacial score (nSPS) is 15.3. The molecule has 0 spiro atoms. The maximum Gasteiger partial charge on any atom is 0.365 e. The molecule has 0 aliphatic carbocycles. The number of hydrogen-bond acceptors (Lipinski definition) is 3. The van der Waals surface area contributed by atoms with Crippen molar-refractivity contribution < 1.29 is 27.4 Å². The van der Waals surface area contributed by atoms with Gasteiger partial charge in [-0.2, -0.15) is 8.42 Å². The van der Waals surface area contributed by atoms with E-state index in [9.17, 15) is 18.3 Å². The number of quaternary nitrogens is 1. The minimum absolute atomic E-state index is 0.134. The minimum Gasteiger partial charge on any atom is -0.477 e. The summed E-state index contributed by atoms with van der Waals surface area (Å²) in [5, 5.41) is 9.91. The Morgan fingerprint density at radius 2 is 1.21 bits per heavy atom. The highest BCUT2D eigenvalue weighted by Gasteiger charge is 2.50. The summed E-state index contributed by atoms with van der Waals surface area (Å²) < 4.78 is 31.3. The van der Waals surface area contributed by atoms with Gasteiger partial charge in [0, 0.05) is 13.3 Å². The molecule has 33 heavy (non-hydrogen) atoms. The summed E-state index contributed by atoms with van der Waals surface area (Å²) in [6.07, 6.45) is 19.8. The fourth-order valence-electron chi connectivity index (χ4n) is 4.68. The fourth-order valence-corrected chi connectivity index (χ4v) is 5.19. The van der Waals surface area contributed by atoms with Crippen LogP contribution in [0.15, 0.2) is 0 Å². The van der Waals surface area contributed by atoms with Crippen LogP contribution in [0.2, 0.25) is 0 Å². The average Bonchev–Trinajstić information content (AvgIpc) is 2.72. The molecule has 6 nitrogen and oxygen atoms in total. The van der Waals surface area contributed by atoms with Gasteiger partial charge in [0.05, 0.1) is 25.9 Å². The molecule has 0 saturated carbocycles. The van der Waals surface area contributed by atoms with Crippen LogP contribution in [0.3, 0.4) is 0 Å². The van der Waals surface area contributed by atoms with E-state index in [2.05, 4.69) is 13.8 Å². The molecule has 0 aromatic rings. The van der Waals surface area contributed by atoms with E-state index in [4.69, 9.17) is 4.55 Å². The van der Waals surface area contributed by atoms with Crippen LogP contribution in [0.4, 0.5) is 0 Å². The topological polar surface area (TPSA) is 91.7 Å². The van der Waals surface area contributed by atoms with Gasteiger partial charge < -0.3 is 9.59 Å². The van der Waals surface area contributed by atoms with E-state index in [-0.39, 0.29) is 18.9 Å². The Bertz CT molecular complexity index is 620. The summed E-state index contributed by atoms with van der Waals surface area (Å²) in [4.78, 5) is 12.1. The molecule has 2 N–H and O–H groups in total. The van der Waals surface area contributed by atoms with Crippen molar-refractivity contribution in [1.82, 2.24) is 0 Å². The number of carboxylic acid groups (broad SMARTS) is 1. The van der Waals surface area contributed by atoms with Crippen molar-refractivity contribution in [2.24, 2.45) is 0 Å². The Morgan fingerprint density at radius 3 is 1.58 bits per heavy atom. The number of rotatable bonds is 22. The summed E-state index contributed by atoms with van der Waals surface area (Å²) in [7, 11) is -0.221. The number of carbonyl (C=O) groups is 1. The third kappa shape index (κ3) is 13.7. The molecule has 0 radical (unpaired) electrons. The van der Waals surface area contributed by atoms with Gasteiger partial charge >= 0.3 is 5.97 Å². The number of nitrogens with zero attached hydrogens (tertiary/aromatic N) is 1. The number of carboxylic acids is 1. The second-order valence-electron chi connectivity index (χ2n) is 10.7. The lowest BCUT2D eigenvalue weighted by Gasteiger charge is -2.48. The first-order valence-corrected chi connectivity index (χ1v) is 15.0. The van der Waals surface area contributed by atoms with Gasteiger partial charge in [-0.05, 0) is 26.2 Å². The standard InChI is InChI=1S/C26H53NO5S/c1-6-7-8-9-10-11-12-13-14-15-16-17-18-19-21-24(2)27(4,5)26(3,25(28)29)22-20-23-33(30,31)32/h24H,6-23H2,1-5H3,(H-,28,29,30,31,32)/p+1. The molecule has 0 saturated heterocycles. The van der Waals surface area contributed by atoms with Gasteiger partial charge in [-0.1, -0.05) is 90.4 Å². The number of unbranched alkanes of at least 4 members (excludes halogenated alkanes) is 13. The molecular weight excluding hydrogens is 438 g/mol. The molecule has 0 aliphatic rings. The van der Waals surface area contributed by atoms with Crippen LogP contribution in [0.1, 0.15) is 130 Å². The van der Waals surface area contributed by atoms with Crippen LogP contribution < -0.4 is 0 Å². The van der Waals surface area contributed by atoms with Gasteiger partial charge in [-0.25, -0.2) is 4.79 Å². The summed E-state index contributed by atoms with van der Waals surface area (Å²) >= 11 is 0. The van der Waals surface area contributed by atoms with E-state index in [0.717, 1.165) is 12.8 Å². The lowest BCUT2D eigenvalue weighted by molar-refractivity contribution is -0.952. The van der Waals surface area contributed by atoms with Crippen molar-refractivity contribution >= 4 is 16.1 Å². The molecule has 0 heterocycles. The Labute approximate surface area is 204 Å². The van der Waals surface area contributed by atoms with Crippen molar-refractivity contribution in [3.05, 3.63) is 0 Å². The molecule has 0 amide bonds. The Hall–Kier alpha value is -0.660. The second kappa shape index (κ2) is 16.9. The van der Waals surface area contributed by atoms with Crippen molar-refractivity contribution in [3.63, 3.8) is 0 Å². The van der Waals surface area contributed by atoms with Crippen molar-refractivity contribution in [2.75, 3.05) is 19.8 Å². The van der Waals surface area contributed by atoms with E-state index >= 15 is 0 Å². The van der Waals surface area contributed by atoms with Crippen LogP contribution in [0, 0.1) is 0 Å². The highest BCUT2D eigenvalue weighted by molar-refractivity contribution is 7.85. The highest BCUT2D eigenvalue weighted by Crippen LogP contribution is 2.32. The first-order chi connectivity index (χ1) is 15.4. The summed E-state index contributed by atoms with van der Waals surface area (Å²) in [6, 6.07) is 0.147. The number of hydrogen-bond donors (Lipinski definition) is 2. The lowest BCUT2D eigenvalue weighted by atomic mass is 9.89. The van der Waals surface area contributed by atoms with E-state index in [1.54, 1.807) is 6.92 Å². The Kier molecular flexibility index (Phi) is 16.5. The molecular formula is C26H54NO5S+. The molecule has 0 fully saturated rings. The van der Waals surface area contributed by atoms with Crippen LogP contribution in [-0.4, -0.2) is 60.0 Å². The fraction of sp³-hybridized carbons (Fsp3) is 0.962. The van der Waals surface area contributed by atoms with Crippen LogP contribution in [0.25, 0.3) is 0 Å². The predicted octanol–water partition coefficient (Wildman–Crippen LogP) is 6.83. The molecule has 0 rings (SSSR count). The molecule has 2 atom stereocenters. The Morgan fingerprint density at radius 1 is 0.818 bits per heavy atom. The van der Waals surface area contributed by atoms with Crippen molar-refractivity contribution in [3.8, 4) is 0 Å². The minimum atomic E-state index is -4.07. The smallest absolute Gasteiger partial charge is 0.365 e. The van der Waals surface area contributed by atoms with Crippen molar-refractivity contribution in [1.29, 1.82) is 0 Å². The maximum absolute atomic E-state index is 12.1. The molecule has 0 aliphatic heterocycles. The molecule has 0 aromatic heterocycles. The molecule has 0 aromatic carbocycles. The Balaban J connectivity index is 4.11. The summed E-state index contributed by atoms with van der Waals surface area (Å²) in [5.74, 6) is -1.32. The third-order valence-electron chi connectivity index (χ3n) is 7.88. The first kappa shape index (κ1) is 32.3. The van der Waals surface area contributed by atoms with Gasteiger partial charge in [0.2, 0.25) is 0 Å². The van der Waals surface area contributed by atoms with E-state index in [1.807, 2.05) is 14.1 Å². The second-order valence-corrected chi connectivity index (χ2v) is 12.3. The SMILES string of the molecule is CCCCCCCCCCCCCCCCC(C)[N+](C)(C)C(C)(CCCS(=O)(=O)O)C(=O)O. The number of likely N-dealkylation sites (N-methyl/N-ethyl adjacent to an activating group) is 1.